The van der Waals surface area contributed by atoms with Crippen molar-refractivity contribution in [1.82, 2.24) is 20.0 Å². The number of nitrogens with one attached hydrogen (secondary N) is 1. The minimum Gasteiger partial charge on any atom is -0.497 e. The van der Waals surface area contributed by atoms with Gasteiger partial charge < -0.3 is 24.4 Å². The normalized spacial score (nSPS) is 18.4. The van der Waals surface area contributed by atoms with Gasteiger partial charge >= 0.3 is 0 Å². The lowest BCUT2D eigenvalue weighted by atomic mass is 10.1. The van der Waals surface area contributed by atoms with Gasteiger partial charge in [0.25, 0.3) is 0 Å². The molecule has 0 spiro atoms. The van der Waals surface area contributed by atoms with Gasteiger partial charge in [-0.3, -0.25) is 4.68 Å². The molecule has 8 nitrogen and oxygen atoms in total. The highest BCUT2D eigenvalue weighted by molar-refractivity contribution is 5.80. The van der Waals surface area contributed by atoms with Crippen LogP contribution in [0.3, 0.4) is 0 Å². The molecule has 0 amide bonds. The van der Waals surface area contributed by atoms with E-state index in [-0.39, 0.29) is 12.2 Å². The second kappa shape index (κ2) is 10.2. The molecule has 2 aromatic rings. The van der Waals surface area contributed by atoms with Crippen molar-refractivity contribution < 1.29 is 14.2 Å². The van der Waals surface area contributed by atoms with Crippen molar-refractivity contribution in [2.24, 2.45) is 12.0 Å². The third-order valence-corrected chi connectivity index (χ3v) is 4.69. The van der Waals surface area contributed by atoms with Gasteiger partial charge in [0.1, 0.15) is 23.7 Å². The molecule has 0 bridgehead atoms. The first kappa shape index (κ1) is 21.0. The molecule has 1 aliphatic rings. The molecule has 1 saturated heterocycles. The SMILES string of the molecule is CCNC(=NCC(C)Oc1ccc(OC)cc1)N1CCOC(c2cnn(C)c2)C1. The fourth-order valence-corrected chi connectivity index (χ4v) is 3.21. The fourth-order valence-electron chi connectivity index (χ4n) is 3.21. The molecule has 2 atom stereocenters. The Morgan fingerprint density at radius 2 is 2.10 bits per heavy atom. The number of methoxy groups -OCH3 is 1. The summed E-state index contributed by atoms with van der Waals surface area (Å²) in [7, 11) is 3.57. The predicted octanol–water partition coefficient (Wildman–Crippen LogP) is 2.23. The van der Waals surface area contributed by atoms with Gasteiger partial charge in [0.15, 0.2) is 5.96 Å². The maximum Gasteiger partial charge on any atom is 0.194 e. The molecule has 1 N–H and O–H groups in total. The molecule has 158 valence electrons. The molecule has 1 aromatic carbocycles. The van der Waals surface area contributed by atoms with E-state index in [1.165, 1.54) is 0 Å². The smallest absolute Gasteiger partial charge is 0.194 e. The summed E-state index contributed by atoms with van der Waals surface area (Å²) < 4.78 is 18.9. The quantitative estimate of drug-likeness (QED) is 0.567. The summed E-state index contributed by atoms with van der Waals surface area (Å²) in [6.07, 6.45) is 3.81. The van der Waals surface area contributed by atoms with E-state index in [1.807, 2.05) is 50.6 Å². The molecule has 3 rings (SSSR count). The zero-order chi connectivity index (χ0) is 20.6. The number of guanidine groups is 1. The number of hydrogen-bond donors (Lipinski definition) is 1. The summed E-state index contributed by atoms with van der Waals surface area (Å²) >= 11 is 0. The number of rotatable bonds is 7. The average molecular weight is 402 g/mol. The number of morpholine rings is 1. The Labute approximate surface area is 172 Å². The first-order chi connectivity index (χ1) is 14.1. The lowest BCUT2D eigenvalue weighted by Gasteiger charge is -2.35. The van der Waals surface area contributed by atoms with E-state index in [0.29, 0.717) is 13.2 Å². The summed E-state index contributed by atoms with van der Waals surface area (Å²) in [5.41, 5.74) is 1.09. The standard InChI is InChI=1S/C21H31N5O3/c1-5-22-21(23-12-16(2)29-19-8-6-18(27-4)7-9-19)26-10-11-28-20(15-26)17-13-24-25(3)14-17/h6-9,13-14,16,20H,5,10-12,15H2,1-4H3,(H,22,23). The van der Waals surface area contributed by atoms with Gasteiger partial charge in [0.2, 0.25) is 0 Å². The van der Waals surface area contributed by atoms with E-state index in [2.05, 4.69) is 22.2 Å². The van der Waals surface area contributed by atoms with Crippen LogP contribution in [0.1, 0.15) is 25.5 Å². The van der Waals surface area contributed by atoms with Crippen molar-refractivity contribution in [3.8, 4) is 11.5 Å². The molecule has 0 saturated carbocycles. The van der Waals surface area contributed by atoms with Gasteiger partial charge in [-0.2, -0.15) is 5.10 Å². The second-order valence-corrected chi connectivity index (χ2v) is 7.05. The van der Waals surface area contributed by atoms with E-state index >= 15 is 0 Å². The van der Waals surface area contributed by atoms with E-state index in [1.54, 1.807) is 11.8 Å². The van der Waals surface area contributed by atoms with Crippen molar-refractivity contribution in [1.29, 1.82) is 0 Å². The number of nitrogens with zero attached hydrogens (tertiary/aromatic N) is 4. The van der Waals surface area contributed by atoms with Gasteiger partial charge in [0.05, 0.1) is 33.0 Å². The van der Waals surface area contributed by atoms with Crippen LogP contribution in [0.15, 0.2) is 41.7 Å². The molecule has 2 unspecified atom stereocenters. The average Bonchev–Trinajstić information content (AvgIpc) is 3.18. The Morgan fingerprint density at radius 1 is 1.34 bits per heavy atom. The minimum atomic E-state index is -0.0489. The Hall–Kier alpha value is -2.74. The van der Waals surface area contributed by atoms with Gasteiger partial charge in [-0.15, -0.1) is 0 Å². The van der Waals surface area contributed by atoms with Crippen molar-refractivity contribution in [3.63, 3.8) is 0 Å². The van der Waals surface area contributed by atoms with Crippen LogP contribution >= 0.6 is 0 Å². The van der Waals surface area contributed by atoms with Crippen molar-refractivity contribution >= 4 is 5.96 Å². The number of hydrogen-bond acceptors (Lipinski definition) is 5. The molecular formula is C21H31N5O3. The molecule has 1 fully saturated rings. The van der Waals surface area contributed by atoms with Gasteiger partial charge in [-0.05, 0) is 38.1 Å². The highest BCUT2D eigenvalue weighted by Gasteiger charge is 2.25. The van der Waals surface area contributed by atoms with Crippen LogP contribution in [0, 0.1) is 0 Å². The fraction of sp³-hybridized carbons (Fsp3) is 0.524. The van der Waals surface area contributed by atoms with E-state index in [4.69, 9.17) is 19.2 Å². The highest BCUT2D eigenvalue weighted by atomic mass is 16.5. The lowest BCUT2D eigenvalue weighted by molar-refractivity contribution is -0.00808. The van der Waals surface area contributed by atoms with Crippen LogP contribution in [0.2, 0.25) is 0 Å². The molecule has 2 heterocycles. The summed E-state index contributed by atoms with van der Waals surface area (Å²) in [6.45, 7) is 7.66. The largest absolute Gasteiger partial charge is 0.497 e. The van der Waals surface area contributed by atoms with Crippen molar-refractivity contribution in [2.75, 3.05) is 39.9 Å². The zero-order valence-electron chi connectivity index (χ0n) is 17.7. The predicted molar refractivity (Wildman–Crippen MR) is 113 cm³/mol. The summed E-state index contributed by atoms with van der Waals surface area (Å²) in [5, 5.41) is 7.65. The summed E-state index contributed by atoms with van der Waals surface area (Å²) in [4.78, 5) is 7.05. The lowest BCUT2D eigenvalue weighted by Crippen LogP contribution is -2.48. The third-order valence-electron chi connectivity index (χ3n) is 4.69. The maximum atomic E-state index is 5.98. The van der Waals surface area contributed by atoms with Gasteiger partial charge in [0, 0.05) is 31.9 Å². The molecule has 1 aromatic heterocycles. The number of aromatic nitrogens is 2. The molecular weight excluding hydrogens is 370 g/mol. The number of ether oxygens (including phenoxy) is 3. The molecule has 8 heteroatoms. The van der Waals surface area contributed by atoms with Crippen LogP contribution in [0.25, 0.3) is 0 Å². The molecule has 1 aliphatic heterocycles. The van der Waals surface area contributed by atoms with E-state index in [0.717, 1.165) is 42.7 Å². The minimum absolute atomic E-state index is 0.00530. The van der Waals surface area contributed by atoms with E-state index < -0.39 is 0 Å². The third kappa shape index (κ3) is 5.87. The second-order valence-electron chi connectivity index (χ2n) is 7.05. The topological polar surface area (TPSA) is 73.1 Å². The highest BCUT2D eigenvalue weighted by Crippen LogP contribution is 2.22. The van der Waals surface area contributed by atoms with Crippen LogP contribution in [0.5, 0.6) is 11.5 Å². The zero-order valence-corrected chi connectivity index (χ0v) is 17.7. The van der Waals surface area contributed by atoms with Crippen molar-refractivity contribution in [3.05, 3.63) is 42.2 Å². The molecule has 0 aliphatic carbocycles. The Balaban J connectivity index is 1.60. The first-order valence-corrected chi connectivity index (χ1v) is 10.0. The van der Waals surface area contributed by atoms with Crippen LogP contribution in [-0.4, -0.2) is 66.6 Å². The van der Waals surface area contributed by atoms with Gasteiger partial charge in [-0.25, -0.2) is 4.99 Å². The molecule has 0 radical (unpaired) electrons. The van der Waals surface area contributed by atoms with Gasteiger partial charge in [-0.1, -0.05) is 0 Å². The van der Waals surface area contributed by atoms with Crippen molar-refractivity contribution in [2.45, 2.75) is 26.1 Å². The summed E-state index contributed by atoms with van der Waals surface area (Å²) in [6, 6.07) is 7.60. The Bertz CT molecular complexity index is 790. The van der Waals surface area contributed by atoms with Crippen LogP contribution in [-0.2, 0) is 11.8 Å². The number of aryl methyl sites for hydroxylation is 1. The Kier molecular flexibility index (Phi) is 7.35. The van der Waals surface area contributed by atoms with E-state index in [9.17, 15) is 0 Å². The number of aliphatic imine (C=N–C) groups is 1. The summed E-state index contributed by atoms with van der Waals surface area (Å²) in [5.74, 6) is 2.50. The molecule has 29 heavy (non-hydrogen) atoms. The van der Waals surface area contributed by atoms with Crippen LogP contribution in [0.4, 0.5) is 0 Å². The number of benzene rings is 1. The van der Waals surface area contributed by atoms with Crippen LogP contribution < -0.4 is 14.8 Å². The maximum absolute atomic E-state index is 5.98. The first-order valence-electron chi connectivity index (χ1n) is 10.0. The monoisotopic (exact) mass is 401 g/mol. The Morgan fingerprint density at radius 3 is 2.76 bits per heavy atom.